The van der Waals surface area contributed by atoms with E-state index in [4.69, 9.17) is 9.47 Å². The Morgan fingerprint density at radius 1 is 0.947 bits per heavy atom. The number of aryl methyl sites for hydroxylation is 2. The average Bonchev–Trinajstić information content (AvgIpc) is 2.78. The predicted octanol–water partition coefficient (Wildman–Crippen LogP) is 3.65. The number of ether oxygens (including phenoxy) is 2. The highest BCUT2D eigenvalue weighted by atomic mass is 16.7. The van der Waals surface area contributed by atoms with Crippen molar-refractivity contribution in [3.63, 3.8) is 0 Å². The average molecular weight is 256 g/mol. The van der Waals surface area contributed by atoms with Gasteiger partial charge in [-0.05, 0) is 31.0 Å². The van der Waals surface area contributed by atoms with Crippen LogP contribution in [0.5, 0.6) is 17.2 Å². The van der Waals surface area contributed by atoms with Crippen LogP contribution in [0.3, 0.4) is 0 Å². The van der Waals surface area contributed by atoms with E-state index < -0.39 is 5.79 Å². The van der Waals surface area contributed by atoms with Gasteiger partial charge in [-0.25, -0.2) is 0 Å². The van der Waals surface area contributed by atoms with Crippen molar-refractivity contribution in [3.05, 3.63) is 53.1 Å². The number of hydrogen-bond acceptors (Lipinski definition) is 3. The van der Waals surface area contributed by atoms with Crippen molar-refractivity contribution in [2.24, 2.45) is 0 Å². The molecule has 0 aliphatic carbocycles. The molecular formula is C16H16O3. The third-order valence-corrected chi connectivity index (χ3v) is 3.48. The molecule has 0 saturated carbocycles. The molecule has 0 radical (unpaired) electrons. The zero-order chi connectivity index (χ0) is 13.6. The van der Waals surface area contributed by atoms with Crippen LogP contribution in [-0.2, 0) is 5.79 Å². The fraction of sp³-hybridized carbons (Fsp3) is 0.250. The van der Waals surface area contributed by atoms with E-state index in [9.17, 15) is 5.11 Å². The zero-order valence-electron chi connectivity index (χ0n) is 11.2. The minimum absolute atomic E-state index is 0.153. The Morgan fingerprint density at radius 3 is 2.26 bits per heavy atom. The second-order valence-corrected chi connectivity index (χ2v) is 5.03. The molecule has 0 bridgehead atoms. The zero-order valence-corrected chi connectivity index (χ0v) is 11.2. The summed E-state index contributed by atoms with van der Waals surface area (Å²) in [5.41, 5.74) is 2.67. The number of hydrogen-bond donors (Lipinski definition) is 1. The molecule has 3 rings (SSSR count). The summed E-state index contributed by atoms with van der Waals surface area (Å²) in [5.74, 6) is 0.318. The second kappa shape index (κ2) is 3.92. The normalized spacial score (nSPS) is 20.6. The molecule has 1 N–H and O–H groups in total. The third-order valence-electron chi connectivity index (χ3n) is 3.48. The summed E-state index contributed by atoms with van der Waals surface area (Å²) in [7, 11) is 0. The molecule has 1 unspecified atom stereocenters. The van der Waals surface area contributed by atoms with Crippen molar-refractivity contribution in [3.8, 4) is 17.2 Å². The van der Waals surface area contributed by atoms with Gasteiger partial charge in [0.15, 0.2) is 11.5 Å². The maximum atomic E-state index is 10.1. The van der Waals surface area contributed by atoms with Crippen molar-refractivity contribution in [2.45, 2.75) is 26.6 Å². The summed E-state index contributed by atoms with van der Waals surface area (Å²) in [6, 6.07) is 11.6. The van der Waals surface area contributed by atoms with E-state index in [-0.39, 0.29) is 5.75 Å². The first-order chi connectivity index (χ1) is 9.01. The molecule has 19 heavy (non-hydrogen) atoms. The quantitative estimate of drug-likeness (QED) is 0.846. The molecule has 3 heteroatoms. The summed E-state index contributed by atoms with van der Waals surface area (Å²) >= 11 is 0. The van der Waals surface area contributed by atoms with Crippen LogP contribution in [0.25, 0.3) is 0 Å². The van der Waals surface area contributed by atoms with Gasteiger partial charge < -0.3 is 14.6 Å². The molecule has 3 nitrogen and oxygen atoms in total. The highest BCUT2D eigenvalue weighted by Crippen LogP contribution is 2.51. The molecule has 2 aromatic rings. The van der Waals surface area contributed by atoms with Gasteiger partial charge in [-0.1, -0.05) is 30.3 Å². The van der Waals surface area contributed by atoms with Crippen LogP contribution >= 0.6 is 0 Å². The molecule has 0 aromatic heterocycles. The van der Waals surface area contributed by atoms with E-state index >= 15 is 0 Å². The highest BCUT2D eigenvalue weighted by molar-refractivity contribution is 5.60. The molecule has 1 heterocycles. The van der Waals surface area contributed by atoms with Gasteiger partial charge in [0.25, 0.3) is 5.79 Å². The smallest absolute Gasteiger partial charge is 0.275 e. The molecule has 98 valence electrons. The van der Waals surface area contributed by atoms with E-state index in [1.165, 1.54) is 0 Å². The first-order valence-corrected chi connectivity index (χ1v) is 6.28. The number of benzene rings is 2. The van der Waals surface area contributed by atoms with Gasteiger partial charge >= 0.3 is 0 Å². The van der Waals surface area contributed by atoms with Crippen molar-refractivity contribution in [1.29, 1.82) is 0 Å². The maximum absolute atomic E-state index is 10.1. The lowest BCUT2D eigenvalue weighted by Gasteiger charge is -2.23. The number of fused-ring (bicyclic) bond motifs is 1. The number of phenols is 1. The first kappa shape index (κ1) is 11.9. The third kappa shape index (κ3) is 1.73. The second-order valence-electron chi connectivity index (χ2n) is 5.03. The Bertz CT molecular complexity index is 634. The van der Waals surface area contributed by atoms with Gasteiger partial charge in [0.05, 0.1) is 0 Å². The Labute approximate surface area is 112 Å². The largest absolute Gasteiger partial charge is 0.504 e. The molecule has 0 amide bonds. The lowest BCUT2D eigenvalue weighted by atomic mass is 10.1. The SMILES string of the molecule is Cc1cc(C)c2c(c1O)OC(C)(c1ccccc1)O2. The monoisotopic (exact) mass is 256 g/mol. The summed E-state index contributed by atoms with van der Waals surface area (Å²) in [5, 5.41) is 10.1. The Morgan fingerprint density at radius 2 is 1.58 bits per heavy atom. The Hall–Kier alpha value is -2.16. The molecule has 2 aromatic carbocycles. The van der Waals surface area contributed by atoms with E-state index in [1.807, 2.05) is 57.2 Å². The predicted molar refractivity (Wildman–Crippen MR) is 72.6 cm³/mol. The van der Waals surface area contributed by atoms with E-state index in [0.717, 1.165) is 16.7 Å². The molecular weight excluding hydrogens is 240 g/mol. The van der Waals surface area contributed by atoms with Crippen molar-refractivity contribution in [1.82, 2.24) is 0 Å². The molecule has 1 atom stereocenters. The number of phenolic OH excluding ortho intramolecular Hbond substituents is 1. The summed E-state index contributed by atoms with van der Waals surface area (Å²) < 4.78 is 11.9. The summed E-state index contributed by atoms with van der Waals surface area (Å²) in [6.07, 6.45) is 0. The Kier molecular flexibility index (Phi) is 2.45. The van der Waals surface area contributed by atoms with E-state index in [1.54, 1.807) is 0 Å². The van der Waals surface area contributed by atoms with Crippen molar-refractivity contribution >= 4 is 0 Å². The topological polar surface area (TPSA) is 38.7 Å². The number of rotatable bonds is 1. The van der Waals surface area contributed by atoms with Crippen LogP contribution in [-0.4, -0.2) is 5.11 Å². The van der Waals surface area contributed by atoms with Crippen LogP contribution < -0.4 is 9.47 Å². The van der Waals surface area contributed by atoms with Crippen LogP contribution in [0, 0.1) is 13.8 Å². The molecule has 1 aliphatic rings. The Balaban J connectivity index is 2.10. The number of aromatic hydroxyl groups is 1. The van der Waals surface area contributed by atoms with Crippen LogP contribution in [0.2, 0.25) is 0 Å². The lowest BCUT2D eigenvalue weighted by Crippen LogP contribution is -2.31. The summed E-state index contributed by atoms with van der Waals surface area (Å²) in [6.45, 7) is 5.66. The van der Waals surface area contributed by atoms with Gasteiger partial charge in [-0.15, -0.1) is 0 Å². The molecule has 0 fully saturated rings. The summed E-state index contributed by atoms with van der Waals surface area (Å²) in [4.78, 5) is 0. The minimum atomic E-state index is -0.889. The van der Waals surface area contributed by atoms with Gasteiger partial charge in [0, 0.05) is 12.5 Å². The first-order valence-electron chi connectivity index (χ1n) is 6.28. The van der Waals surface area contributed by atoms with Crippen LogP contribution in [0.15, 0.2) is 36.4 Å². The standard InChI is InChI=1S/C16H16O3/c1-10-9-11(2)14-15(13(10)17)19-16(3,18-14)12-7-5-4-6-8-12/h4-9,17H,1-3H3. The molecule has 0 saturated heterocycles. The minimum Gasteiger partial charge on any atom is -0.504 e. The molecule has 1 aliphatic heterocycles. The maximum Gasteiger partial charge on any atom is 0.275 e. The fourth-order valence-corrected chi connectivity index (χ4v) is 2.41. The van der Waals surface area contributed by atoms with Gasteiger partial charge in [-0.2, -0.15) is 0 Å². The van der Waals surface area contributed by atoms with Gasteiger partial charge in [0.1, 0.15) is 0 Å². The van der Waals surface area contributed by atoms with E-state index in [2.05, 4.69) is 0 Å². The van der Waals surface area contributed by atoms with Crippen molar-refractivity contribution < 1.29 is 14.6 Å². The van der Waals surface area contributed by atoms with E-state index in [0.29, 0.717) is 11.5 Å². The highest BCUT2D eigenvalue weighted by Gasteiger charge is 2.41. The molecule has 0 spiro atoms. The van der Waals surface area contributed by atoms with Gasteiger partial charge in [-0.3, -0.25) is 0 Å². The fourth-order valence-electron chi connectivity index (χ4n) is 2.41. The van der Waals surface area contributed by atoms with Gasteiger partial charge in [0.2, 0.25) is 5.75 Å². The van der Waals surface area contributed by atoms with Crippen LogP contribution in [0.1, 0.15) is 23.6 Å². The lowest BCUT2D eigenvalue weighted by molar-refractivity contribution is -0.0690. The van der Waals surface area contributed by atoms with Crippen LogP contribution in [0.4, 0.5) is 0 Å². The van der Waals surface area contributed by atoms with Crippen molar-refractivity contribution in [2.75, 3.05) is 0 Å².